The summed E-state index contributed by atoms with van der Waals surface area (Å²) in [5.74, 6) is 0.909. The Morgan fingerprint density at radius 2 is 2.00 bits per heavy atom. The average molecular weight is 347 g/mol. The highest BCUT2D eigenvalue weighted by Gasteiger charge is 2.33. The molecule has 0 saturated heterocycles. The fraction of sp³-hybridized carbons (Fsp3) is 0.278. The first kappa shape index (κ1) is 16.1. The molecule has 23 heavy (non-hydrogen) atoms. The fourth-order valence-electron chi connectivity index (χ4n) is 2.82. The van der Waals surface area contributed by atoms with Crippen molar-refractivity contribution in [2.45, 2.75) is 31.9 Å². The summed E-state index contributed by atoms with van der Waals surface area (Å²) in [6.07, 6.45) is 0.835. The molecule has 5 heteroatoms. The zero-order valence-corrected chi connectivity index (χ0v) is 14.7. The van der Waals surface area contributed by atoms with E-state index in [9.17, 15) is 0 Å². The van der Waals surface area contributed by atoms with Crippen LogP contribution in [0.25, 0.3) is 0 Å². The van der Waals surface area contributed by atoms with E-state index in [0.717, 1.165) is 23.4 Å². The lowest BCUT2D eigenvalue weighted by atomic mass is 9.90. The molecule has 0 aromatic heterocycles. The molecular weight excluding hydrogens is 328 g/mol. The van der Waals surface area contributed by atoms with Gasteiger partial charge in [-0.3, -0.25) is 0 Å². The van der Waals surface area contributed by atoms with E-state index in [0.29, 0.717) is 10.1 Å². The van der Waals surface area contributed by atoms with E-state index in [2.05, 4.69) is 30.5 Å². The van der Waals surface area contributed by atoms with Crippen molar-refractivity contribution in [2.24, 2.45) is 0 Å². The molecule has 0 amide bonds. The third-order valence-electron chi connectivity index (χ3n) is 3.76. The minimum absolute atomic E-state index is 0.106. The molecule has 1 aliphatic heterocycles. The number of rotatable bonds is 2. The van der Waals surface area contributed by atoms with Crippen LogP contribution in [0.5, 0.6) is 5.75 Å². The summed E-state index contributed by atoms with van der Waals surface area (Å²) in [5, 5.41) is 7.83. The highest BCUT2D eigenvalue weighted by Crippen LogP contribution is 2.39. The topological polar surface area (TPSA) is 33.3 Å². The van der Waals surface area contributed by atoms with Gasteiger partial charge in [0, 0.05) is 22.7 Å². The van der Waals surface area contributed by atoms with Gasteiger partial charge >= 0.3 is 0 Å². The number of halogens is 1. The smallest absolute Gasteiger partial charge is 0.171 e. The van der Waals surface area contributed by atoms with Crippen LogP contribution in [0.3, 0.4) is 0 Å². The van der Waals surface area contributed by atoms with Gasteiger partial charge in [0.15, 0.2) is 5.11 Å². The Balaban J connectivity index is 1.75. The van der Waals surface area contributed by atoms with Crippen molar-refractivity contribution in [1.82, 2.24) is 5.32 Å². The predicted molar refractivity (Wildman–Crippen MR) is 99.3 cm³/mol. The third-order valence-corrected chi connectivity index (χ3v) is 4.22. The SMILES string of the molecule is CC1(C)CC(NC(=S)Nc2cccc(Cl)c2)c2ccccc2O1. The largest absolute Gasteiger partial charge is 0.487 e. The van der Waals surface area contributed by atoms with Gasteiger partial charge < -0.3 is 15.4 Å². The van der Waals surface area contributed by atoms with Crippen molar-refractivity contribution >= 4 is 34.6 Å². The van der Waals surface area contributed by atoms with E-state index in [4.69, 9.17) is 28.6 Å². The molecular formula is C18H19ClN2OS. The molecule has 1 aliphatic rings. The molecule has 2 aromatic carbocycles. The number of hydrogen-bond donors (Lipinski definition) is 2. The summed E-state index contributed by atoms with van der Waals surface area (Å²) in [6.45, 7) is 4.18. The summed E-state index contributed by atoms with van der Waals surface area (Å²) in [4.78, 5) is 0. The Hall–Kier alpha value is -1.78. The van der Waals surface area contributed by atoms with Crippen LogP contribution >= 0.6 is 23.8 Å². The Kier molecular flexibility index (Phi) is 4.46. The molecule has 0 radical (unpaired) electrons. The molecule has 3 rings (SSSR count). The van der Waals surface area contributed by atoms with Gasteiger partial charge in [-0.2, -0.15) is 0 Å². The minimum atomic E-state index is -0.238. The summed E-state index contributed by atoms with van der Waals surface area (Å²) < 4.78 is 6.04. The van der Waals surface area contributed by atoms with Crippen molar-refractivity contribution < 1.29 is 4.74 Å². The molecule has 0 spiro atoms. The van der Waals surface area contributed by atoms with Crippen LogP contribution in [0.4, 0.5) is 5.69 Å². The summed E-state index contributed by atoms with van der Waals surface area (Å²) in [7, 11) is 0. The first-order valence-electron chi connectivity index (χ1n) is 7.54. The summed E-state index contributed by atoms with van der Waals surface area (Å²) in [6, 6.07) is 15.7. The molecule has 1 heterocycles. The van der Waals surface area contributed by atoms with E-state index in [-0.39, 0.29) is 11.6 Å². The van der Waals surface area contributed by atoms with Crippen molar-refractivity contribution in [3.05, 3.63) is 59.1 Å². The number of nitrogens with one attached hydrogen (secondary N) is 2. The van der Waals surface area contributed by atoms with Crippen LogP contribution in [0.1, 0.15) is 31.9 Å². The number of anilines is 1. The molecule has 0 saturated carbocycles. The number of hydrogen-bond acceptors (Lipinski definition) is 2. The quantitative estimate of drug-likeness (QED) is 0.755. The minimum Gasteiger partial charge on any atom is -0.487 e. The van der Waals surface area contributed by atoms with Gasteiger partial charge in [0.2, 0.25) is 0 Å². The first-order valence-corrected chi connectivity index (χ1v) is 8.33. The van der Waals surface area contributed by atoms with Gasteiger partial charge in [-0.05, 0) is 50.3 Å². The maximum Gasteiger partial charge on any atom is 0.171 e. The van der Waals surface area contributed by atoms with Gasteiger partial charge in [0.25, 0.3) is 0 Å². The van der Waals surface area contributed by atoms with Crippen molar-refractivity contribution in [1.29, 1.82) is 0 Å². The third kappa shape index (κ3) is 3.95. The lowest BCUT2D eigenvalue weighted by Gasteiger charge is -2.38. The van der Waals surface area contributed by atoms with E-state index >= 15 is 0 Å². The van der Waals surface area contributed by atoms with Crippen molar-refractivity contribution in [2.75, 3.05) is 5.32 Å². The van der Waals surface area contributed by atoms with Crippen LogP contribution < -0.4 is 15.4 Å². The highest BCUT2D eigenvalue weighted by atomic mass is 35.5. The Morgan fingerprint density at radius 1 is 1.22 bits per heavy atom. The average Bonchev–Trinajstić information content (AvgIpc) is 2.46. The molecule has 0 fully saturated rings. The lowest BCUT2D eigenvalue weighted by Crippen LogP contribution is -2.42. The maximum absolute atomic E-state index is 6.04. The van der Waals surface area contributed by atoms with Crippen LogP contribution in [0.15, 0.2) is 48.5 Å². The van der Waals surface area contributed by atoms with Gasteiger partial charge in [-0.25, -0.2) is 0 Å². The molecule has 0 aliphatic carbocycles. The van der Waals surface area contributed by atoms with Crippen LogP contribution in [-0.4, -0.2) is 10.7 Å². The first-order chi connectivity index (χ1) is 10.9. The van der Waals surface area contributed by atoms with Gasteiger partial charge in [-0.15, -0.1) is 0 Å². The van der Waals surface area contributed by atoms with Crippen LogP contribution in [-0.2, 0) is 0 Å². The zero-order chi connectivity index (χ0) is 16.4. The standard InChI is InChI=1S/C18H19ClN2OS/c1-18(2)11-15(14-8-3-4-9-16(14)22-18)21-17(23)20-13-7-5-6-12(19)10-13/h3-10,15H,11H2,1-2H3,(H2,20,21,23). The van der Waals surface area contributed by atoms with Gasteiger partial charge in [-0.1, -0.05) is 35.9 Å². The van der Waals surface area contributed by atoms with E-state index in [1.807, 2.05) is 42.5 Å². The normalized spacial score (nSPS) is 18.5. The number of ether oxygens (including phenoxy) is 1. The Bertz CT molecular complexity index is 732. The monoisotopic (exact) mass is 346 g/mol. The Morgan fingerprint density at radius 3 is 2.78 bits per heavy atom. The number of thiocarbonyl (C=S) groups is 1. The number of para-hydroxylation sites is 1. The van der Waals surface area contributed by atoms with Gasteiger partial charge in [0.1, 0.15) is 11.4 Å². The van der Waals surface area contributed by atoms with E-state index in [1.165, 1.54) is 0 Å². The number of fused-ring (bicyclic) bond motifs is 1. The van der Waals surface area contributed by atoms with Crippen molar-refractivity contribution in [3.63, 3.8) is 0 Å². The molecule has 0 bridgehead atoms. The molecule has 120 valence electrons. The predicted octanol–water partition coefficient (Wildman–Crippen LogP) is 4.93. The second kappa shape index (κ2) is 6.38. The van der Waals surface area contributed by atoms with Crippen LogP contribution in [0, 0.1) is 0 Å². The summed E-state index contributed by atoms with van der Waals surface area (Å²) >= 11 is 11.5. The van der Waals surface area contributed by atoms with Crippen LogP contribution in [0.2, 0.25) is 5.02 Å². The second-order valence-corrected chi connectivity index (χ2v) is 7.11. The maximum atomic E-state index is 6.04. The molecule has 2 aromatic rings. The number of benzene rings is 2. The Labute approximate surface area is 147 Å². The molecule has 1 atom stereocenters. The van der Waals surface area contributed by atoms with Crippen molar-refractivity contribution in [3.8, 4) is 5.75 Å². The molecule has 3 nitrogen and oxygen atoms in total. The zero-order valence-electron chi connectivity index (χ0n) is 13.1. The second-order valence-electron chi connectivity index (χ2n) is 6.27. The highest BCUT2D eigenvalue weighted by molar-refractivity contribution is 7.80. The van der Waals surface area contributed by atoms with E-state index in [1.54, 1.807) is 0 Å². The fourth-order valence-corrected chi connectivity index (χ4v) is 3.27. The molecule has 1 unspecified atom stereocenters. The lowest BCUT2D eigenvalue weighted by molar-refractivity contribution is 0.0697. The summed E-state index contributed by atoms with van der Waals surface area (Å²) in [5.41, 5.74) is 1.76. The molecule has 2 N–H and O–H groups in total. The van der Waals surface area contributed by atoms with E-state index < -0.39 is 0 Å². The van der Waals surface area contributed by atoms with Gasteiger partial charge in [0.05, 0.1) is 6.04 Å².